The first-order chi connectivity index (χ1) is 13.2. The molecule has 0 radical (unpaired) electrons. The molecular formula is C19H23NO8. The standard InChI is InChI=1S/C19H23NO8/c1-12(21)26-10-15-8-19(11-28-13(2)22,17(24)16(15)23)20-18(25)27-9-14-6-4-3-5-7-14/h3-8,16-17,23-24H,9-11H2,1-2H3,(H,20,25)/t16-,17-,19-/m1/s1. The topological polar surface area (TPSA) is 131 Å². The van der Waals surface area contributed by atoms with Crippen LogP contribution in [0.15, 0.2) is 42.0 Å². The van der Waals surface area contributed by atoms with Gasteiger partial charge in [0.1, 0.15) is 37.6 Å². The molecule has 0 fully saturated rings. The summed E-state index contributed by atoms with van der Waals surface area (Å²) in [4.78, 5) is 34.5. The van der Waals surface area contributed by atoms with Crippen molar-refractivity contribution in [3.63, 3.8) is 0 Å². The molecule has 0 aromatic heterocycles. The maximum atomic E-state index is 12.3. The van der Waals surface area contributed by atoms with Gasteiger partial charge in [0.15, 0.2) is 0 Å². The van der Waals surface area contributed by atoms with Gasteiger partial charge in [0.25, 0.3) is 0 Å². The minimum atomic E-state index is -1.63. The zero-order valence-corrected chi connectivity index (χ0v) is 15.6. The Kier molecular flexibility index (Phi) is 7.13. The molecule has 9 nitrogen and oxygen atoms in total. The van der Waals surface area contributed by atoms with E-state index in [1.807, 2.05) is 6.07 Å². The first-order valence-electron chi connectivity index (χ1n) is 8.57. The maximum absolute atomic E-state index is 12.3. The van der Waals surface area contributed by atoms with Crippen molar-refractivity contribution in [1.82, 2.24) is 5.32 Å². The molecule has 152 valence electrons. The summed E-state index contributed by atoms with van der Waals surface area (Å²) in [5.74, 6) is -1.21. The van der Waals surface area contributed by atoms with E-state index < -0.39 is 42.4 Å². The number of esters is 2. The van der Waals surface area contributed by atoms with E-state index in [0.29, 0.717) is 0 Å². The quantitative estimate of drug-likeness (QED) is 0.345. The largest absolute Gasteiger partial charge is 0.463 e. The van der Waals surface area contributed by atoms with Crippen LogP contribution in [0.5, 0.6) is 0 Å². The number of hydrogen-bond donors (Lipinski definition) is 3. The van der Waals surface area contributed by atoms with Crippen LogP contribution in [0.1, 0.15) is 19.4 Å². The van der Waals surface area contributed by atoms with Gasteiger partial charge in [-0.1, -0.05) is 30.3 Å². The average molecular weight is 393 g/mol. The maximum Gasteiger partial charge on any atom is 0.408 e. The van der Waals surface area contributed by atoms with Crippen LogP contribution in [0.4, 0.5) is 4.79 Å². The van der Waals surface area contributed by atoms with Crippen LogP contribution in [0.2, 0.25) is 0 Å². The second-order valence-electron chi connectivity index (χ2n) is 6.40. The fourth-order valence-corrected chi connectivity index (χ4v) is 2.74. The number of ether oxygens (including phenoxy) is 3. The third-order valence-electron chi connectivity index (χ3n) is 4.15. The lowest BCUT2D eigenvalue weighted by molar-refractivity contribution is -0.145. The molecule has 0 spiro atoms. The van der Waals surface area contributed by atoms with Gasteiger partial charge < -0.3 is 29.7 Å². The Labute approximate surface area is 161 Å². The SMILES string of the molecule is CC(=O)OCC1=C[C@](COC(C)=O)(NC(=O)OCc2ccccc2)[C@H](O)[C@@H]1O. The van der Waals surface area contributed by atoms with Crippen LogP contribution in [0.25, 0.3) is 0 Å². The summed E-state index contributed by atoms with van der Waals surface area (Å²) in [5.41, 5.74) is -0.711. The van der Waals surface area contributed by atoms with Crippen LogP contribution < -0.4 is 5.32 Å². The molecule has 3 N–H and O–H groups in total. The van der Waals surface area contributed by atoms with Crippen molar-refractivity contribution in [2.45, 2.75) is 38.2 Å². The minimum absolute atomic E-state index is 0.0149. The van der Waals surface area contributed by atoms with Gasteiger partial charge in [-0.05, 0) is 17.2 Å². The van der Waals surface area contributed by atoms with Crippen molar-refractivity contribution in [3.05, 3.63) is 47.5 Å². The highest BCUT2D eigenvalue weighted by Gasteiger charge is 2.49. The molecule has 1 aliphatic rings. The van der Waals surface area contributed by atoms with E-state index in [4.69, 9.17) is 14.2 Å². The van der Waals surface area contributed by atoms with Crippen molar-refractivity contribution in [2.24, 2.45) is 0 Å². The Hall–Kier alpha value is -2.91. The number of aliphatic hydroxyl groups is 2. The van der Waals surface area contributed by atoms with Crippen molar-refractivity contribution >= 4 is 18.0 Å². The fourth-order valence-electron chi connectivity index (χ4n) is 2.74. The molecule has 0 aliphatic heterocycles. The van der Waals surface area contributed by atoms with Crippen molar-refractivity contribution in [1.29, 1.82) is 0 Å². The highest BCUT2D eigenvalue weighted by molar-refractivity contribution is 5.70. The van der Waals surface area contributed by atoms with Crippen LogP contribution in [0, 0.1) is 0 Å². The molecule has 1 aromatic rings. The number of carbonyl (C=O) groups is 3. The first kappa shape index (κ1) is 21.4. The molecule has 0 bridgehead atoms. The Balaban J connectivity index is 2.13. The molecule has 0 unspecified atom stereocenters. The van der Waals surface area contributed by atoms with Crippen molar-refractivity contribution < 1.29 is 38.8 Å². The van der Waals surface area contributed by atoms with Gasteiger partial charge in [0.05, 0.1) is 0 Å². The summed E-state index contributed by atoms with van der Waals surface area (Å²) in [6.07, 6.45) is -2.53. The van der Waals surface area contributed by atoms with E-state index in [1.165, 1.54) is 19.9 Å². The molecule has 2 rings (SSSR count). The number of rotatable bonds is 7. The number of nitrogens with one attached hydrogen (secondary N) is 1. The number of carbonyl (C=O) groups excluding carboxylic acids is 3. The van der Waals surface area contributed by atoms with E-state index in [9.17, 15) is 24.6 Å². The summed E-state index contributed by atoms with van der Waals surface area (Å²) in [7, 11) is 0. The molecule has 3 atom stereocenters. The highest BCUT2D eigenvalue weighted by Crippen LogP contribution is 2.30. The van der Waals surface area contributed by atoms with Crippen LogP contribution >= 0.6 is 0 Å². The van der Waals surface area contributed by atoms with Gasteiger partial charge in [-0.3, -0.25) is 9.59 Å². The Morgan fingerprint density at radius 2 is 1.64 bits per heavy atom. The molecule has 9 heteroatoms. The highest BCUT2D eigenvalue weighted by atomic mass is 16.6. The summed E-state index contributed by atoms with van der Waals surface area (Å²) < 4.78 is 14.9. The van der Waals surface area contributed by atoms with Gasteiger partial charge in [-0.2, -0.15) is 0 Å². The lowest BCUT2D eigenvalue weighted by Crippen LogP contribution is -2.59. The van der Waals surface area contributed by atoms with E-state index in [1.54, 1.807) is 24.3 Å². The molecule has 1 aromatic carbocycles. The van der Waals surface area contributed by atoms with Gasteiger partial charge in [0, 0.05) is 13.8 Å². The van der Waals surface area contributed by atoms with E-state index in [0.717, 1.165) is 5.56 Å². The number of amides is 1. The number of aliphatic hydroxyl groups excluding tert-OH is 2. The number of alkyl carbamates (subject to hydrolysis) is 1. The van der Waals surface area contributed by atoms with Gasteiger partial charge in [-0.15, -0.1) is 0 Å². The normalized spacial score (nSPS) is 23.5. The zero-order valence-electron chi connectivity index (χ0n) is 15.6. The summed E-state index contributed by atoms with van der Waals surface area (Å²) >= 11 is 0. The average Bonchev–Trinajstić information content (AvgIpc) is 2.89. The Morgan fingerprint density at radius 1 is 1.00 bits per heavy atom. The van der Waals surface area contributed by atoms with Crippen LogP contribution in [0.3, 0.4) is 0 Å². The predicted molar refractivity (Wildman–Crippen MR) is 95.9 cm³/mol. The predicted octanol–water partition coefficient (Wildman–Crippen LogP) is 0.440. The van der Waals surface area contributed by atoms with Crippen LogP contribution in [-0.4, -0.2) is 59.2 Å². The first-order valence-corrected chi connectivity index (χ1v) is 8.57. The number of hydrogen-bond acceptors (Lipinski definition) is 8. The third kappa shape index (κ3) is 5.54. The second kappa shape index (κ2) is 9.34. The van der Waals surface area contributed by atoms with E-state index >= 15 is 0 Å². The molecule has 0 saturated heterocycles. The zero-order chi connectivity index (χ0) is 20.7. The Morgan fingerprint density at radius 3 is 2.25 bits per heavy atom. The Bertz CT molecular complexity index is 748. The van der Waals surface area contributed by atoms with Gasteiger partial charge in [0.2, 0.25) is 0 Å². The molecular weight excluding hydrogens is 370 g/mol. The fraction of sp³-hybridized carbons (Fsp3) is 0.421. The lowest BCUT2D eigenvalue weighted by Gasteiger charge is -2.32. The summed E-state index contributed by atoms with van der Waals surface area (Å²) in [6, 6.07) is 8.95. The second-order valence-corrected chi connectivity index (χ2v) is 6.40. The number of benzene rings is 1. The van der Waals surface area contributed by atoms with E-state index in [2.05, 4.69) is 5.32 Å². The third-order valence-corrected chi connectivity index (χ3v) is 4.15. The molecule has 1 aliphatic carbocycles. The summed E-state index contributed by atoms with van der Waals surface area (Å²) in [5, 5.41) is 23.2. The van der Waals surface area contributed by atoms with Gasteiger partial charge >= 0.3 is 18.0 Å². The summed E-state index contributed by atoms with van der Waals surface area (Å²) in [6.45, 7) is 1.63. The molecule has 1 amide bonds. The van der Waals surface area contributed by atoms with Crippen molar-refractivity contribution in [3.8, 4) is 0 Å². The molecule has 0 heterocycles. The van der Waals surface area contributed by atoms with Gasteiger partial charge in [-0.25, -0.2) is 4.79 Å². The minimum Gasteiger partial charge on any atom is -0.463 e. The van der Waals surface area contributed by atoms with Crippen molar-refractivity contribution in [2.75, 3.05) is 13.2 Å². The molecule has 28 heavy (non-hydrogen) atoms. The lowest BCUT2D eigenvalue weighted by atomic mass is 9.96. The van der Waals surface area contributed by atoms with Crippen LogP contribution in [-0.2, 0) is 30.4 Å². The van der Waals surface area contributed by atoms with E-state index in [-0.39, 0.29) is 18.8 Å². The molecule has 0 saturated carbocycles. The smallest absolute Gasteiger partial charge is 0.408 e. The monoisotopic (exact) mass is 393 g/mol.